The van der Waals surface area contributed by atoms with E-state index in [9.17, 15) is 14.7 Å². The van der Waals surface area contributed by atoms with Gasteiger partial charge < -0.3 is 21.1 Å². The molecule has 3 rings (SSSR count). The molecule has 27 heavy (non-hydrogen) atoms. The van der Waals surface area contributed by atoms with Crippen molar-refractivity contribution in [2.24, 2.45) is 5.73 Å². The van der Waals surface area contributed by atoms with Gasteiger partial charge in [-0.2, -0.15) is 0 Å². The van der Waals surface area contributed by atoms with E-state index in [2.05, 4.69) is 5.32 Å². The van der Waals surface area contributed by atoms with Gasteiger partial charge >= 0.3 is 0 Å². The van der Waals surface area contributed by atoms with Gasteiger partial charge in [0.25, 0.3) is 5.91 Å². The van der Waals surface area contributed by atoms with Crippen LogP contribution in [0.1, 0.15) is 40.4 Å². The number of nitrogens with zero attached hydrogens (tertiary/aromatic N) is 1. The monoisotopic (exact) mass is 367 g/mol. The highest BCUT2D eigenvalue weighted by atomic mass is 16.3. The molecule has 0 spiro atoms. The minimum Gasteiger partial charge on any atom is -0.393 e. The van der Waals surface area contributed by atoms with Crippen LogP contribution in [0, 0.1) is 0 Å². The average molecular weight is 367 g/mol. The number of hydrogen-bond donors (Lipinski definition) is 3. The van der Waals surface area contributed by atoms with Crippen molar-refractivity contribution in [2.45, 2.75) is 31.5 Å². The first-order valence-electron chi connectivity index (χ1n) is 9.20. The molecular weight excluding hydrogens is 342 g/mol. The van der Waals surface area contributed by atoms with Crippen molar-refractivity contribution in [1.82, 2.24) is 10.2 Å². The van der Waals surface area contributed by atoms with E-state index in [1.165, 1.54) is 0 Å². The number of carbonyl (C=O) groups excluding carboxylic acids is 2. The van der Waals surface area contributed by atoms with Crippen molar-refractivity contribution < 1.29 is 14.7 Å². The number of nitrogens with two attached hydrogens (primary N) is 1. The van der Waals surface area contributed by atoms with Gasteiger partial charge in [0.2, 0.25) is 5.91 Å². The van der Waals surface area contributed by atoms with Crippen LogP contribution in [0.3, 0.4) is 0 Å². The van der Waals surface area contributed by atoms with Crippen molar-refractivity contribution in [2.75, 3.05) is 13.1 Å². The maximum atomic E-state index is 13.1. The molecule has 0 radical (unpaired) electrons. The summed E-state index contributed by atoms with van der Waals surface area (Å²) in [4.78, 5) is 27.6. The van der Waals surface area contributed by atoms with Crippen LogP contribution in [0.5, 0.6) is 0 Å². The largest absolute Gasteiger partial charge is 0.393 e. The Morgan fingerprint density at radius 3 is 2.48 bits per heavy atom. The highest BCUT2D eigenvalue weighted by molar-refractivity contribution is 5.98. The number of nitrogens with one attached hydrogen (secondary N) is 1. The number of benzene rings is 2. The van der Waals surface area contributed by atoms with Gasteiger partial charge in [-0.15, -0.1) is 0 Å². The van der Waals surface area contributed by atoms with Crippen LogP contribution in [-0.2, 0) is 11.3 Å². The summed E-state index contributed by atoms with van der Waals surface area (Å²) < 4.78 is 0. The molecule has 0 aliphatic carbocycles. The van der Waals surface area contributed by atoms with Crippen molar-refractivity contribution in [3.63, 3.8) is 0 Å². The van der Waals surface area contributed by atoms with Crippen molar-refractivity contribution in [1.29, 1.82) is 0 Å². The summed E-state index contributed by atoms with van der Waals surface area (Å²) in [7, 11) is 0. The number of likely N-dealkylation sites (tertiary alicyclic amines) is 1. The number of amides is 2. The Kier molecular flexibility index (Phi) is 6.21. The molecule has 0 saturated carbocycles. The predicted octanol–water partition coefficient (Wildman–Crippen LogP) is 1.60. The van der Waals surface area contributed by atoms with Crippen molar-refractivity contribution in [3.05, 3.63) is 71.3 Å². The van der Waals surface area contributed by atoms with E-state index < -0.39 is 6.04 Å². The first kappa shape index (κ1) is 19.1. The zero-order valence-corrected chi connectivity index (χ0v) is 15.2. The van der Waals surface area contributed by atoms with Gasteiger partial charge in [-0.25, -0.2) is 0 Å². The number of piperidine rings is 1. The van der Waals surface area contributed by atoms with E-state index in [0.29, 0.717) is 38.0 Å². The minimum atomic E-state index is -0.768. The maximum absolute atomic E-state index is 13.1. The fraction of sp³-hybridized carbons (Fsp3) is 0.333. The van der Waals surface area contributed by atoms with Crippen LogP contribution in [0.2, 0.25) is 0 Å². The quantitative estimate of drug-likeness (QED) is 0.748. The third kappa shape index (κ3) is 4.72. The van der Waals surface area contributed by atoms with E-state index in [1.807, 2.05) is 36.4 Å². The third-order valence-electron chi connectivity index (χ3n) is 4.86. The fourth-order valence-electron chi connectivity index (χ4n) is 3.26. The van der Waals surface area contributed by atoms with Gasteiger partial charge in [-0.05, 0) is 36.1 Å². The molecule has 1 aliphatic rings. The Morgan fingerprint density at radius 1 is 1.11 bits per heavy atom. The molecule has 4 N–H and O–H groups in total. The lowest BCUT2D eigenvalue weighted by Gasteiger charge is -2.33. The summed E-state index contributed by atoms with van der Waals surface area (Å²) in [6.45, 7) is 1.32. The standard InChI is InChI=1S/C21H25N3O3/c22-14-15-5-4-8-17(13-15)20(26)23-19(16-6-2-1-3-7-16)21(27)24-11-9-18(25)10-12-24/h1-8,13,18-19,25H,9-12,14,22H2,(H,23,26)/t19-/m1/s1. The van der Waals surface area contributed by atoms with E-state index in [-0.39, 0.29) is 17.9 Å². The highest BCUT2D eigenvalue weighted by Gasteiger charge is 2.30. The molecule has 142 valence electrons. The van der Waals surface area contributed by atoms with Gasteiger partial charge in [-0.3, -0.25) is 9.59 Å². The normalized spacial score (nSPS) is 16.0. The number of aliphatic hydroxyl groups is 1. The zero-order chi connectivity index (χ0) is 19.2. The molecule has 2 aromatic carbocycles. The third-order valence-corrected chi connectivity index (χ3v) is 4.86. The zero-order valence-electron chi connectivity index (χ0n) is 15.2. The highest BCUT2D eigenvalue weighted by Crippen LogP contribution is 2.20. The van der Waals surface area contributed by atoms with E-state index in [1.54, 1.807) is 23.1 Å². The summed E-state index contributed by atoms with van der Waals surface area (Å²) in [5.74, 6) is -0.471. The van der Waals surface area contributed by atoms with Crippen LogP contribution in [0.15, 0.2) is 54.6 Å². The summed E-state index contributed by atoms with van der Waals surface area (Å²) in [6.07, 6.45) is 0.747. The Morgan fingerprint density at radius 2 is 1.81 bits per heavy atom. The average Bonchev–Trinajstić information content (AvgIpc) is 2.72. The van der Waals surface area contributed by atoms with E-state index >= 15 is 0 Å². The molecule has 1 atom stereocenters. The van der Waals surface area contributed by atoms with Gasteiger partial charge in [0.05, 0.1) is 6.10 Å². The Hall–Kier alpha value is -2.70. The number of rotatable bonds is 5. The molecule has 1 aliphatic heterocycles. The molecule has 0 bridgehead atoms. The number of hydrogen-bond acceptors (Lipinski definition) is 4. The topological polar surface area (TPSA) is 95.7 Å². The minimum absolute atomic E-state index is 0.156. The Labute approximate surface area is 159 Å². The van der Waals surface area contributed by atoms with Crippen LogP contribution >= 0.6 is 0 Å². The van der Waals surface area contributed by atoms with E-state index in [4.69, 9.17) is 5.73 Å². The Bertz CT molecular complexity index is 786. The number of carbonyl (C=O) groups is 2. The second kappa shape index (κ2) is 8.79. The smallest absolute Gasteiger partial charge is 0.252 e. The first-order chi connectivity index (χ1) is 13.1. The van der Waals surface area contributed by atoms with Crippen LogP contribution in [0.4, 0.5) is 0 Å². The molecule has 1 heterocycles. The second-order valence-corrected chi connectivity index (χ2v) is 6.78. The first-order valence-corrected chi connectivity index (χ1v) is 9.20. The predicted molar refractivity (Wildman–Crippen MR) is 103 cm³/mol. The molecule has 6 heteroatoms. The molecule has 0 unspecified atom stereocenters. The molecule has 0 aromatic heterocycles. The molecule has 6 nitrogen and oxygen atoms in total. The molecule has 2 amide bonds. The van der Waals surface area contributed by atoms with Gasteiger partial charge in [-0.1, -0.05) is 42.5 Å². The second-order valence-electron chi connectivity index (χ2n) is 6.78. The van der Waals surface area contributed by atoms with Crippen molar-refractivity contribution in [3.8, 4) is 0 Å². The summed E-state index contributed by atoms with van der Waals surface area (Å²) >= 11 is 0. The molecule has 2 aromatic rings. The summed E-state index contributed by atoms with van der Waals surface area (Å²) in [5, 5.41) is 12.6. The van der Waals surface area contributed by atoms with Gasteiger partial charge in [0.15, 0.2) is 0 Å². The van der Waals surface area contributed by atoms with Gasteiger partial charge in [0.1, 0.15) is 6.04 Å². The lowest BCUT2D eigenvalue weighted by molar-refractivity contribution is -0.135. The molecule has 1 saturated heterocycles. The SMILES string of the molecule is NCc1cccc(C(=O)N[C@@H](C(=O)N2CCC(O)CC2)c2ccccc2)c1. The van der Waals surface area contributed by atoms with E-state index in [0.717, 1.165) is 11.1 Å². The number of aliphatic hydroxyl groups excluding tert-OH is 1. The van der Waals surface area contributed by atoms with Gasteiger partial charge in [0, 0.05) is 25.2 Å². The fourth-order valence-corrected chi connectivity index (χ4v) is 3.26. The Balaban J connectivity index is 1.82. The lowest BCUT2D eigenvalue weighted by Crippen LogP contribution is -2.46. The van der Waals surface area contributed by atoms with Crippen LogP contribution < -0.4 is 11.1 Å². The maximum Gasteiger partial charge on any atom is 0.252 e. The summed E-state index contributed by atoms with van der Waals surface area (Å²) in [6, 6.07) is 15.5. The summed E-state index contributed by atoms with van der Waals surface area (Å²) in [5.41, 5.74) is 7.72. The van der Waals surface area contributed by atoms with Crippen molar-refractivity contribution >= 4 is 11.8 Å². The molecule has 1 fully saturated rings. The van der Waals surface area contributed by atoms with Crippen LogP contribution in [0.25, 0.3) is 0 Å². The molecular formula is C21H25N3O3. The van der Waals surface area contributed by atoms with Crippen LogP contribution in [-0.4, -0.2) is 41.0 Å². The lowest BCUT2D eigenvalue weighted by atomic mass is 10.0.